The lowest BCUT2D eigenvalue weighted by Gasteiger charge is -2.29. The number of aliphatic hydroxyl groups excluding tert-OH is 1. The summed E-state index contributed by atoms with van der Waals surface area (Å²) in [7, 11) is 0. The van der Waals surface area contributed by atoms with Crippen LogP contribution in [-0.4, -0.2) is 42.6 Å². The van der Waals surface area contributed by atoms with Crippen molar-refractivity contribution in [1.82, 2.24) is 10.6 Å². The van der Waals surface area contributed by atoms with Crippen LogP contribution in [0.3, 0.4) is 0 Å². The summed E-state index contributed by atoms with van der Waals surface area (Å²) in [5.41, 5.74) is 0.752. The summed E-state index contributed by atoms with van der Waals surface area (Å²) in [6.45, 7) is 1.39. The Morgan fingerprint density at radius 1 is 1.53 bits per heavy atom. The minimum Gasteiger partial charge on any atom is -0.391 e. The number of rotatable bonds is 3. The normalized spacial score (nSPS) is 22.8. The Bertz CT molecular complexity index is 442. The lowest BCUT2D eigenvalue weighted by Crippen LogP contribution is -2.54. The Hall–Kier alpha value is -1.24. The Labute approximate surface area is 117 Å². The van der Waals surface area contributed by atoms with Gasteiger partial charge in [-0.15, -0.1) is 11.8 Å². The smallest absolute Gasteiger partial charge is 0.319 e. The van der Waals surface area contributed by atoms with Gasteiger partial charge in [0.1, 0.15) is 0 Å². The highest BCUT2D eigenvalue weighted by Gasteiger charge is 2.24. The summed E-state index contributed by atoms with van der Waals surface area (Å²) in [4.78, 5) is 13.0. The summed E-state index contributed by atoms with van der Waals surface area (Å²) < 4.78 is 0. The molecule has 0 aliphatic carbocycles. The van der Waals surface area contributed by atoms with E-state index in [1.54, 1.807) is 11.8 Å². The third-order valence-electron chi connectivity index (χ3n) is 3.09. The molecule has 1 aromatic carbocycles. The van der Waals surface area contributed by atoms with Crippen LogP contribution in [0.15, 0.2) is 29.2 Å². The second-order valence-corrected chi connectivity index (χ2v) is 5.38. The van der Waals surface area contributed by atoms with Gasteiger partial charge >= 0.3 is 6.03 Å². The third-order valence-corrected chi connectivity index (χ3v) is 3.82. The molecule has 0 bridgehead atoms. The van der Waals surface area contributed by atoms with Crippen LogP contribution in [0.1, 0.15) is 6.42 Å². The molecule has 4 N–H and O–H groups in total. The highest BCUT2D eigenvalue weighted by molar-refractivity contribution is 7.98. The average molecular weight is 281 g/mol. The zero-order chi connectivity index (χ0) is 13.7. The number of amides is 2. The van der Waals surface area contributed by atoms with Crippen molar-refractivity contribution in [2.24, 2.45) is 0 Å². The Kier molecular flexibility index (Phi) is 5.07. The predicted molar refractivity (Wildman–Crippen MR) is 77.7 cm³/mol. The molecule has 0 spiro atoms. The van der Waals surface area contributed by atoms with Gasteiger partial charge in [0.15, 0.2) is 0 Å². The van der Waals surface area contributed by atoms with E-state index in [1.807, 2.05) is 30.5 Å². The number of hydrogen-bond donors (Lipinski definition) is 4. The van der Waals surface area contributed by atoms with E-state index >= 15 is 0 Å². The monoisotopic (exact) mass is 281 g/mol. The highest BCUT2D eigenvalue weighted by Crippen LogP contribution is 2.18. The van der Waals surface area contributed by atoms with Crippen LogP contribution in [0.25, 0.3) is 0 Å². The fourth-order valence-electron chi connectivity index (χ4n) is 2.03. The quantitative estimate of drug-likeness (QED) is 0.629. The SMILES string of the molecule is CSc1cccc(NC(=O)NC2CNCCC2O)c1. The summed E-state index contributed by atoms with van der Waals surface area (Å²) in [6, 6.07) is 7.12. The largest absolute Gasteiger partial charge is 0.391 e. The van der Waals surface area contributed by atoms with Crippen molar-refractivity contribution in [2.75, 3.05) is 24.7 Å². The van der Waals surface area contributed by atoms with E-state index in [0.717, 1.165) is 17.1 Å². The van der Waals surface area contributed by atoms with Gasteiger partial charge in [-0.3, -0.25) is 0 Å². The van der Waals surface area contributed by atoms with Crippen LogP contribution < -0.4 is 16.0 Å². The van der Waals surface area contributed by atoms with Crippen molar-refractivity contribution in [1.29, 1.82) is 0 Å². The molecule has 0 aromatic heterocycles. The molecule has 2 rings (SSSR count). The van der Waals surface area contributed by atoms with Crippen molar-refractivity contribution in [3.63, 3.8) is 0 Å². The molecular formula is C13H19N3O2S. The predicted octanol–water partition coefficient (Wildman–Crippen LogP) is 1.25. The van der Waals surface area contributed by atoms with Crippen LogP contribution in [0.2, 0.25) is 0 Å². The Morgan fingerprint density at radius 3 is 3.11 bits per heavy atom. The van der Waals surface area contributed by atoms with Gasteiger partial charge in [-0.25, -0.2) is 4.79 Å². The van der Waals surface area contributed by atoms with Crippen molar-refractivity contribution in [3.8, 4) is 0 Å². The number of carbonyl (C=O) groups is 1. The summed E-state index contributed by atoms with van der Waals surface area (Å²) in [5, 5.41) is 18.5. The van der Waals surface area contributed by atoms with Gasteiger partial charge in [-0.1, -0.05) is 6.07 Å². The number of hydrogen-bond acceptors (Lipinski definition) is 4. The first kappa shape index (κ1) is 14.2. The molecule has 1 heterocycles. The van der Waals surface area contributed by atoms with E-state index in [1.165, 1.54) is 0 Å². The summed E-state index contributed by atoms with van der Waals surface area (Å²) >= 11 is 1.62. The molecule has 5 nitrogen and oxygen atoms in total. The second kappa shape index (κ2) is 6.79. The third kappa shape index (κ3) is 4.12. The summed E-state index contributed by atoms with van der Waals surface area (Å²) in [6.07, 6.45) is 2.17. The second-order valence-electron chi connectivity index (χ2n) is 4.50. The fraction of sp³-hybridized carbons (Fsp3) is 0.462. The topological polar surface area (TPSA) is 73.4 Å². The standard InChI is InChI=1S/C13H19N3O2S/c1-19-10-4-2-3-9(7-10)15-13(18)16-11-8-14-6-5-12(11)17/h2-4,7,11-12,14,17H,5-6,8H2,1H3,(H2,15,16,18). The lowest BCUT2D eigenvalue weighted by atomic mass is 10.0. The van der Waals surface area contributed by atoms with Crippen LogP contribution >= 0.6 is 11.8 Å². The number of anilines is 1. The van der Waals surface area contributed by atoms with E-state index in [9.17, 15) is 9.90 Å². The Balaban J connectivity index is 1.89. The van der Waals surface area contributed by atoms with Gasteiger partial charge in [-0.05, 0) is 37.4 Å². The molecule has 1 aliphatic heterocycles. The van der Waals surface area contributed by atoms with Gasteiger partial charge in [0.2, 0.25) is 0 Å². The average Bonchev–Trinajstić information content (AvgIpc) is 2.41. The minimum absolute atomic E-state index is 0.238. The van der Waals surface area contributed by atoms with Crippen molar-refractivity contribution in [2.45, 2.75) is 23.5 Å². The van der Waals surface area contributed by atoms with E-state index in [4.69, 9.17) is 0 Å². The van der Waals surface area contributed by atoms with E-state index in [2.05, 4.69) is 16.0 Å². The molecule has 0 saturated carbocycles. The molecular weight excluding hydrogens is 262 g/mol. The van der Waals surface area contributed by atoms with Crippen molar-refractivity contribution >= 4 is 23.5 Å². The van der Waals surface area contributed by atoms with E-state index in [0.29, 0.717) is 13.0 Å². The van der Waals surface area contributed by atoms with Crippen molar-refractivity contribution < 1.29 is 9.90 Å². The van der Waals surface area contributed by atoms with Gasteiger partial charge in [0.05, 0.1) is 12.1 Å². The van der Waals surface area contributed by atoms with E-state index in [-0.39, 0.29) is 12.1 Å². The number of thioether (sulfide) groups is 1. The van der Waals surface area contributed by atoms with Crippen LogP contribution in [-0.2, 0) is 0 Å². The van der Waals surface area contributed by atoms with Crippen LogP contribution in [0.5, 0.6) is 0 Å². The number of carbonyl (C=O) groups excluding carboxylic acids is 1. The number of nitrogens with one attached hydrogen (secondary N) is 3. The molecule has 2 atom stereocenters. The first-order valence-electron chi connectivity index (χ1n) is 6.29. The molecule has 1 fully saturated rings. The minimum atomic E-state index is -0.482. The molecule has 19 heavy (non-hydrogen) atoms. The molecule has 1 aliphatic rings. The zero-order valence-corrected chi connectivity index (χ0v) is 11.7. The maximum Gasteiger partial charge on any atom is 0.319 e. The highest BCUT2D eigenvalue weighted by atomic mass is 32.2. The lowest BCUT2D eigenvalue weighted by molar-refractivity contribution is 0.103. The molecule has 2 unspecified atom stereocenters. The van der Waals surface area contributed by atoms with Gasteiger partial charge in [-0.2, -0.15) is 0 Å². The maximum absolute atomic E-state index is 11.9. The molecule has 6 heteroatoms. The van der Waals surface area contributed by atoms with Gasteiger partial charge in [0, 0.05) is 17.1 Å². The van der Waals surface area contributed by atoms with E-state index < -0.39 is 6.10 Å². The first-order chi connectivity index (χ1) is 9.19. The molecule has 1 saturated heterocycles. The first-order valence-corrected chi connectivity index (χ1v) is 7.52. The zero-order valence-electron chi connectivity index (χ0n) is 10.8. The maximum atomic E-state index is 11.9. The number of benzene rings is 1. The van der Waals surface area contributed by atoms with Gasteiger partial charge in [0.25, 0.3) is 0 Å². The fourth-order valence-corrected chi connectivity index (χ4v) is 2.49. The Morgan fingerprint density at radius 2 is 2.37 bits per heavy atom. The van der Waals surface area contributed by atoms with Crippen molar-refractivity contribution in [3.05, 3.63) is 24.3 Å². The summed E-state index contributed by atoms with van der Waals surface area (Å²) in [5.74, 6) is 0. The van der Waals surface area contributed by atoms with Gasteiger partial charge < -0.3 is 21.1 Å². The number of piperidine rings is 1. The van der Waals surface area contributed by atoms with Crippen LogP contribution in [0, 0.1) is 0 Å². The van der Waals surface area contributed by atoms with Crippen LogP contribution in [0.4, 0.5) is 10.5 Å². The molecule has 2 amide bonds. The number of urea groups is 1. The molecule has 1 aromatic rings. The molecule has 104 valence electrons. The number of aliphatic hydroxyl groups is 1. The molecule has 0 radical (unpaired) electrons.